The Morgan fingerprint density at radius 1 is 1.32 bits per heavy atom. The first kappa shape index (κ1) is 15.8. The molecule has 1 aromatic heterocycles. The van der Waals surface area contributed by atoms with E-state index in [2.05, 4.69) is 15.5 Å². The molecule has 0 unspecified atom stereocenters. The molecule has 2 amide bonds. The van der Waals surface area contributed by atoms with Gasteiger partial charge < -0.3 is 5.32 Å². The van der Waals surface area contributed by atoms with E-state index in [-0.39, 0.29) is 15.5 Å². The number of aromatic nitrogens is 2. The number of rotatable bonds is 5. The molecule has 0 fully saturated rings. The van der Waals surface area contributed by atoms with Gasteiger partial charge in [-0.05, 0) is 6.92 Å². The van der Waals surface area contributed by atoms with Crippen LogP contribution in [0.3, 0.4) is 0 Å². The second kappa shape index (κ2) is 6.26. The Kier molecular flexibility index (Phi) is 5.20. The number of anilines is 1. The third kappa shape index (κ3) is 3.19. The number of sulfonamides is 1. The molecular formula is C9H17N5O3S2. The molecule has 0 aliphatic heterocycles. The van der Waals surface area contributed by atoms with Gasteiger partial charge in [0.1, 0.15) is 0 Å². The Balaban J connectivity index is 3.09. The summed E-state index contributed by atoms with van der Waals surface area (Å²) < 4.78 is 25.1. The van der Waals surface area contributed by atoms with Crippen molar-refractivity contribution in [3.8, 4) is 0 Å². The van der Waals surface area contributed by atoms with Crippen molar-refractivity contribution < 1.29 is 13.2 Å². The molecule has 0 aliphatic carbocycles. The number of hydrogen-bond donors (Lipinski definition) is 1. The molecule has 0 radical (unpaired) electrons. The lowest BCUT2D eigenvalue weighted by Gasteiger charge is -2.15. The van der Waals surface area contributed by atoms with Crippen LogP contribution in [0.15, 0.2) is 4.34 Å². The van der Waals surface area contributed by atoms with Crippen molar-refractivity contribution in [2.45, 2.75) is 18.2 Å². The van der Waals surface area contributed by atoms with Gasteiger partial charge in [-0.1, -0.05) is 18.3 Å². The Hall–Kier alpha value is -1.26. The molecule has 0 spiro atoms. The molecule has 1 heterocycles. The average Bonchev–Trinajstić information content (AvgIpc) is 2.88. The van der Waals surface area contributed by atoms with Crippen LogP contribution < -0.4 is 10.2 Å². The minimum Gasteiger partial charge on any atom is -0.341 e. The zero-order valence-electron chi connectivity index (χ0n) is 11.2. The molecule has 1 rings (SSSR count). The lowest BCUT2D eigenvalue weighted by Crippen LogP contribution is -2.37. The number of urea groups is 1. The number of nitrogens with zero attached hydrogens (tertiary/aromatic N) is 4. The molecule has 0 bridgehead atoms. The SMILES string of the molecule is CCN(C(=O)NC)c1nnc(S(=O)(=O)N(C)CC)s1. The molecule has 1 N–H and O–H groups in total. The Labute approximate surface area is 116 Å². The second-order valence-electron chi connectivity index (χ2n) is 3.57. The van der Waals surface area contributed by atoms with Crippen LogP contribution in [0.2, 0.25) is 0 Å². The van der Waals surface area contributed by atoms with E-state index < -0.39 is 10.0 Å². The first-order valence-electron chi connectivity index (χ1n) is 5.67. The maximum absolute atomic E-state index is 12.0. The predicted octanol–water partition coefficient (Wildman–Crippen LogP) is 0.344. The third-order valence-corrected chi connectivity index (χ3v) is 5.70. The van der Waals surface area contributed by atoms with E-state index in [0.29, 0.717) is 13.1 Å². The highest BCUT2D eigenvalue weighted by Gasteiger charge is 2.26. The second-order valence-corrected chi connectivity index (χ2v) is 6.74. The summed E-state index contributed by atoms with van der Waals surface area (Å²) in [6, 6.07) is -0.355. The fourth-order valence-electron chi connectivity index (χ4n) is 1.22. The van der Waals surface area contributed by atoms with Crippen LogP contribution in [-0.2, 0) is 10.0 Å². The minimum atomic E-state index is -3.62. The Bertz CT molecular complexity index is 542. The van der Waals surface area contributed by atoms with E-state index in [1.165, 1.54) is 23.3 Å². The van der Waals surface area contributed by atoms with Crippen LogP contribution in [0, 0.1) is 0 Å². The van der Waals surface area contributed by atoms with Crippen molar-refractivity contribution in [1.82, 2.24) is 19.8 Å². The molecule has 0 saturated heterocycles. The van der Waals surface area contributed by atoms with Crippen LogP contribution >= 0.6 is 11.3 Å². The highest BCUT2D eigenvalue weighted by molar-refractivity contribution is 7.91. The van der Waals surface area contributed by atoms with Gasteiger partial charge in [0.15, 0.2) is 0 Å². The lowest BCUT2D eigenvalue weighted by atomic mass is 10.6. The van der Waals surface area contributed by atoms with Gasteiger partial charge in [-0.3, -0.25) is 4.90 Å². The number of hydrogen-bond acceptors (Lipinski definition) is 6. The van der Waals surface area contributed by atoms with Crippen LogP contribution in [-0.4, -0.2) is 56.1 Å². The van der Waals surface area contributed by atoms with Crippen LogP contribution in [0.5, 0.6) is 0 Å². The largest absolute Gasteiger partial charge is 0.341 e. The smallest absolute Gasteiger partial charge is 0.323 e. The highest BCUT2D eigenvalue weighted by atomic mass is 32.2. The minimum absolute atomic E-state index is 0.116. The number of amides is 2. The van der Waals surface area contributed by atoms with Gasteiger partial charge in [0.25, 0.3) is 10.0 Å². The predicted molar refractivity (Wildman–Crippen MR) is 72.9 cm³/mol. The Morgan fingerprint density at radius 3 is 2.42 bits per heavy atom. The van der Waals surface area contributed by atoms with E-state index >= 15 is 0 Å². The highest BCUT2D eigenvalue weighted by Crippen LogP contribution is 2.25. The van der Waals surface area contributed by atoms with Crippen molar-refractivity contribution in [2.24, 2.45) is 0 Å². The van der Waals surface area contributed by atoms with Gasteiger partial charge in [0.2, 0.25) is 9.47 Å². The molecule has 0 aliphatic rings. The van der Waals surface area contributed by atoms with Crippen molar-refractivity contribution in [2.75, 3.05) is 32.1 Å². The number of carbonyl (C=O) groups excluding carboxylic acids is 1. The van der Waals surface area contributed by atoms with Gasteiger partial charge in [-0.15, -0.1) is 10.2 Å². The average molecular weight is 307 g/mol. The van der Waals surface area contributed by atoms with Crippen LogP contribution in [0.1, 0.15) is 13.8 Å². The summed E-state index contributed by atoms with van der Waals surface area (Å²) in [6.07, 6.45) is 0. The maximum atomic E-state index is 12.0. The first-order valence-corrected chi connectivity index (χ1v) is 7.93. The fraction of sp³-hybridized carbons (Fsp3) is 0.667. The summed E-state index contributed by atoms with van der Waals surface area (Å²) in [6.45, 7) is 4.20. The summed E-state index contributed by atoms with van der Waals surface area (Å²) in [7, 11) is -0.663. The molecule has 19 heavy (non-hydrogen) atoms. The van der Waals surface area contributed by atoms with E-state index in [0.717, 1.165) is 11.3 Å². The molecule has 10 heteroatoms. The number of carbonyl (C=O) groups is 1. The van der Waals surface area contributed by atoms with Crippen LogP contribution in [0.25, 0.3) is 0 Å². The summed E-state index contributed by atoms with van der Waals surface area (Å²) in [4.78, 5) is 12.9. The van der Waals surface area contributed by atoms with E-state index in [1.807, 2.05) is 0 Å². The monoisotopic (exact) mass is 307 g/mol. The molecule has 8 nitrogen and oxygen atoms in total. The van der Waals surface area contributed by atoms with Gasteiger partial charge in [0.05, 0.1) is 0 Å². The molecular weight excluding hydrogens is 290 g/mol. The van der Waals surface area contributed by atoms with Crippen LogP contribution in [0.4, 0.5) is 9.93 Å². The van der Waals surface area contributed by atoms with Gasteiger partial charge in [-0.25, -0.2) is 13.2 Å². The molecule has 108 valence electrons. The summed E-state index contributed by atoms with van der Waals surface area (Å²) >= 11 is 0.873. The quantitative estimate of drug-likeness (QED) is 0.792. The molecule has 0 saturated carbocycles. The Morgan fingerprint density at radius 2 is 1.95 bits per heavy atom. The van der Waals surface area contributed by atoms with E-state index in [9.17, 15) is 13.2 Å². The fourth-order valence-corrected chi connectivity index (χ4v) is 3.64. The molecule has 0 aromatic carbocycles. The van der Waals surface area contributed by atoms with Crippen molar-refractivity contribution in [3.05, 3.63) is 0 Å². The third-order valence-electron chi connectivity index (χ3n) is 2.48. The molecule has 1 aromatic rings. The first-order chi connectivity index (χ1) is 8.88. The van der Waals surface area contributed by atoms with Gasteiger partial charge in [0, 0.05) is 27.2 Å². The maximum Gasteiger partial charge on any atom is 0.323 e. The van der Waals surface area contributed by atoms with Crippen molar-refractivity contribution in [1.29, 1.82) is 0 Å². The zero-order valence-corrected chi connectivity index (χ0v) is 12.9. The molecule has 0 atom stereocenters. The van der Waals surface area contributed by atoms with Gasteiger partial charge >= 0.3 is 6.03 Å². The normalized spacial score (nSPS) is 11.6. The van der Waals surface area contributed by atoms with Gasteiger partial charge in [-0.2, -0.15) is 4.31 Å². The van der Waals surface area contributed by atoms with E-state index in [4.69, 9.17) is 0 Å². The lowest BCUT2D eigenvalue weighted by molar-refractivity contribution is 0.248. The standard InChI is InChI=1S/C9H17N5O3S2/c1-5-13(4)19(16,17)9-12-11-8(18-9)14(6-2)7(15)10-3/h5-6H2,1-4H3,(H,10,15). The summed E-state index contributed by atoms with van der Waals surface area (Å²) in [5, 5.41) is 10.1. The summed E-state index contributed by atoms with van der Waals surface area (Å²) in [5.41, 5.74) is 0. The number of nitrogens with one attached hydrogen (secondary N) is 1. The van der Waals surface area contributed by atoms with E-state index in [1.54, 1.807) is 13.8 Å². The van der Waals surface area contributed by atoms with Crippen molar-refractivity contribution in [3.63, 3.8) is 0 Å². The summed E-state index contributed by atoms with van der Waals surface area (Å²) in [5.74, 6) is 0. The zero-order chi connectivity index (χ0) is 14.6. The topological polar surface area (TPSA) is 95.5 Å². The van der Waals surface area contributed by atoms with Crippen molar-refractivity contribution >= 4 is 32.5 Å².